The van der Waals surface area contributed by atoms with Gasteiger partial charge in [-0.05, 0) is 12.1 Å². The molecule has 2 N–H and O–H groups in total. The standard InChI is InChI=1S/C12H12N6O/c13-9-6-15-18(7-9)8-12-16-11(17-19-12)5-10-3-1-2-4-14-10/h1-4,6-7H,5,8,13H2. The Morgan fingerprint density at radius 3 is 3.00 bits per heavy atom. The Balaban J connectivity index is 1.69. The van der Waals surface area contributed by atoms with Gasteiger partial charge in [-0.3, -0.25) is 9.67 Å². The number of aromatic nitrogens is 5. The van der Waals surface area contributed by atoms with Crippen LogP contribution in [0.25, 0.3) is 0 Å². The van der Waals surface area contributed by atoms with Crippen LogP contribution in [0, 0.1) is 0 Å². The quantitative estimate of drug-likeness (QED) is 0.744. The number of pyridine rings is 1. The molecule has 3 rings (SSSR count). The van der Waals surface area contributed by atoms with Crippen LogP contribution >= 0.6 is 0 Å². The Morgan fingerprint density at radius 2 is 2.26 bits per heavy atom. The lowest BCUT2D eigenvalue weighted by atomic mass is 10.2. The van der Waals surface area contributed by atoms with Crippen molar-refractivity contribution in [2.75, 3.05) is 5.73 Å². The molecule has 0 bridgehead atoms. The summed E-state index contributed by atoms with van der Waals surface area (Å²) in [6, 6.07) is 5.72. The number of hydrogen-bond acceptors (Lipinski definition) is 6. The highest BCUT2D eigenvalue weighted by Crippen LogP contribution is 2.06. The van der Waals surface area contributed by atoms with Gasteiger partial charge in [0.25, 0.3) is 0 Å². The van der Waals surface area contributed by atoms with Gasteiger partial charge in [-0.15, -0.1) is 0 Å². The predicted molar refractivity (Wildman–Crippen MR) is 67.1 cm³/mol. The third-order valence-corrected chi connectivity index (χ3v) is 2.53. The van der Waals surface area contributed by atoms with Crippen LogP contribution in [0.2, 0.25) is 0 Å². The lowest BCUT2D eigenvalue weighted by Crippen LogP contribution is -2.00. The molecular formula is C12H12N6O. The maximum absolute atomic E-state index is 5.58. The Kier molecular flexibility index (Phi) is 2.93. The molecule has 0 saturated heterocycles. The lowest BCUT2D eigenvalue weighted by Gasteiger charge is -1.94. The molecule has 0 unspecified atom stereocenters. The molecule has 96 valence electrons. The van der Waals surface area contributed by atoms with Gasteiger partial charge >= 0.3 is 0 Å². The Bertz CT molecular complexity index is 660. The summed E-state index contributed by atoms with van der Waals surface area (Å²) in [5.74, 6) is 1.10. The number of rotatable bonds is 4. The van der Waals surface area contributed by atoms with Crippen LogP contribution in [0.15, 0.2) is 41.3 Å². The summed E-state index contributed by atoms with van der Waals surface area (Å²) in [6.07, 6.45) is 5.57. The minimum atomic E-state index is 0.409. The van der Waals surface area contributed by atoms with Crippen molar-refractivity contribution in [3.05, 3.63) is 54.2 Å². The molecule has 19 heavy (non-hydrogen) atoms. The molecule has 0 atom stereocenters. The summed E-state index contributed by atoms with van der Waals surface area (Å²) >= 11 is 0. The molecule has 3 aromatic heterocycles. The molecule has 7 heteroatoms. The van der Waals surface area contributed by atoms with E-state index in [1.54, 1.807) is 23.3 Å². The largest absolute Gasteiger partial charge is 0.396 e. The molecule has 0 aromatic carbocycles. The van der Waals surface area contributed by atoms with Gasteiger partial charge in [0, 0.05) is 18.1 Å². The first kappa shape index (κ1) is 11.4. The summed E-state index contributed by atoms with van der Waals surface area (Å²) < 4.78 is 6.81. The van der Waals surface area contributed by atoms with E-state index in [9.17, 15) is 0 Å². The second-order valence-corrected chi connectivity index (χ2v) is 4.07. The second kappa shape index (κ2) is 4.89. The minimum absolute atomic E-state index is 0.409. The molecule has 7 nitrogen and oxygen atoms in total. The van der Waals surface area contributed by atoms with Gasteiger partial charge in [0.15, 0.2) is 5.82 Å². The zero-order valence-corrected chi connectivity index (χ0v) is 10.1. The first-order valence-corrected chi connectivity index (χ1v) is 5.79. The highest BCUT2D eigenvalue weighted by molar-refractivity contribution is 5.30. The maximum atomic E-state index is 5.58. The fourth-order valence-electron chi connectivity index (χ4n) is 1.70. The van der Waals surface area contributed by atoms with Crippen molar-refractivity contribution in [3.8, 4) is 0 Å². The van der Waals surface area contributed by atoms with Crippen molar-refractivity contribution in [1.82, 2.24) is 24.9 Å². The molecule has 3 heterocycles. The van der Waals surface area contributed by atoms with Crippen LogP contribution in [0.3, 0.4) is 0 Å². The molecule has 0 radical (unpaired) electrons. The molecule has 0 spiro atoms. The Hall–Kier alpha value is -2.70. The zero-order chi connectivity index (χ0) is 13.1. The summed E-state index contributed by atoms with van der Waals surface area (Å²) in [7, 11) is 0. The van der Waals surface area contributed by atoms with Crippen LogP contribution < -0.4 is 5.73 Å². The number of nitrogens with two attached hydrogens (primary N) is 1. The van der Waals surface area contributed by atoms with Crippen molar-refractivity contribution in [3.63, 3.8) is 0 Å². The zero-order valence-electron chi connectivity index (χ0n) is 10.1. The highest BCUT2D eigenvalue weighted by atomic mass is 16.5. The predicted octanol–water partition coefficient (Wildman–Crippen LogP) is 0.882. The van der Waals surface area contributed by atoms with Crippen LogP contribution in [-0.4, -0.2) is 24.9 Å². The van der Waals surface area contributed by atoms with E-state index in [1.165, 1.54) is 0 Å². The summed E-state index contributed by atoms with van der Waals surface area (Å²) in [5.41, 5.74) is 7.09. The monoisotopic (exact) mass is 256 g/mol. The van der Waals surface area contributed by atoms with Crippen molar-refractivity contribution in [1.29, 1.82) is 0 Å². The average molecular weight is 256 g/mol. The Labute approximate surface area is 109 Å². The van der Waals surface area contributed by atoms with Gasteiger partial charge in [0.1, 0.15) is 6.54 Å². The summed E-state index contributed by atoms with van der Waals surface area (Å²) in [4.78, 5) is 8.51. The molecule has 3 aromatic rings. The molecule has 0 aliphatic carbocycles. The van der Waals surface area contributed by atoms with Crippen LogP contribution in [-0.2, 0) is 13.0 Å². The summed E-state index contributed by atoms with van der Waals surface area (Å²) in [6.45, 7) is 0.409. The molecule has 0 aliphatic rings. The highest BCUT2D eigenvalue weighted by Gasteiger charge is 2.08. The number of nitrogens with zero attached hydrogens (tertiary/aromatic N) is 5. The van der Waals surface area contributed by atoms with E-state index in [2.05, 4.69) is 20.2 Å². The van der Waals surface area contributed by atoms with Crippen LogP contribution in [0.1, 0.15) is 17.4 Å². The average Bonchev–Trinajstić information content (AvgIpc) is 3.01. The fourth-order valence-corrected chi connectivity index (χ4v) is 1.70. The third kappa shape index (κ3) is 2.76. The molecule has 0 fully saturated rings. The number of anilines is 1. The lowest BCUT2D eigenvalue weighted by molar-refractivity contribution is 0.362. The van der Waals surface area contributed by atoms with Gasteiger partial charge in [0.05, 0.1) is 18.3 Å². The first-order chi connectivity index (χ1) is 9.29. The van der Waals surface area contributed by atoms with E-state index in [-0.39, 0.29) is 0 Å². The van der Waals surface area contributed by atoms with Crippen molar-refractivity contribution in [2.45, 2.75) is 13.0 Å². The van der Waals surface area contributed by atoms with Gasteiger partial charge in [-0.1, -0.05) is 11.2 Å². The number of hydrogen-bond donors (Lipinski definition) is 1. The van der Waals surface area contributed by atoms with E-state index >= 15 is 0 Å². The van der Waals surface area contributed by atoms with Gasteiger partial charge < -0.3 is 10.3 Å². The second-order valence-electron chi connectivity index (χ2n) is 4.07. The SMILES string of the molecule is Nc1cnn(Cc2nc(Cc3ccccn3)no2)c1. The fraction of sp³-hybridized carbons (Fsp3) is 0.167. The van der Waals surface area contributed by atoms with Crippen molar-refractivity contribution < 1.29 is 4.52 Å². The van der Waals surface area contributed by atoms with E-state index in [4.69, 9.17) is 10.3 Å². The van der Waals surface area contributed by atoms with E-state index in [0.29, 0.717) is 30.4 Å². The van der Waals surface area contributed by atoms with E-state index in [0.717, 1.165) is 5.69 Å². The summed E-state index contributed by atoms with van der Waals surface area (Å²) in [5, 5.41) is 7.97. The Morgan fingerprint density at radius 1 is 1.32 bits per heavy atom. The normalized spacial score (nSPS) is 10.7. The molecular weight excluding hydrogens is 244 g/mol. The van der Waals surface area contributed by atoms with Crippen LogP contribution in [0.5, 0.6) is 0 Å². The first-order valence-electron chi connectivity index (χ1n) is 5.79. The van der Waals surface area contributed by atoms with Crippen molar-refractivity contribution in [2.24, 2.45) is 0 Å². The van der Waals surface area contributed by atoms with Gasteiger partial charge in [-0.25, -0.2) is 0 Å². The molecule has 0 amide bonds. The van der Waals surface area contributed by atoms with Crippen molar-refractivity contribution >= 4 is 5.69 Å². The smallest absolute Gasteiger partial charge is 0.248 e. The van der Waals surface area contributed by atoms with Gasteiger partial charge in [-0.2, -0.15) is 10.1 Å². The number of nitrogen functional groups attached to an aromatic ring is 1. The third-order valence-electron chi connectivity index (χ3n) is 2.53. The van der Waals surface area contributed by atoms with Crippen LogP contribution in [0.4, 0.5) is 5.69 Å². The minimum Gasteiger partial charge on any atom is -0.396 e. The van der Waals surface area contributed by atoms with Gasteiger partial charge in [0.2, 0.25) is 5.89 Å². The van der Waals surface area contributed by atoms with E-state index in [1.807, 2.05) is 18.2 Å². The topological polar surface area (TPSA) is 95.7 Å². The molecule has 0 aliphatic heterocycles. The molecule has 0 saturated carbocycles. The van der Waals surface area contributed by atoms with E-state index < -0.39 is 0 Å². The maximum Gasteiger partial charge on any atom is 0.248 e.